The van der Waals surface area contributed by atoms with Crippen LogP contribution in [0.2, 0.25) is 5.02 Å². The molecule has 4 heteroatoms. The molecular weight excluding hydrogens is 250 g/mol. The summed E-state index contributed by atoms with van der Waals surface area (Å²) in [5, 5.41) is 1.20. The molecule has 0 bridgehead atoms. The smallest absolute Gasteiger partial charge is 0.165 e. The molecule has 0 saturated carbocycles. The van der Waals surface area contributed by atoms with Crippen molar-refractivity contribution in [3.05, 3.63) is 35.0 Å². The third-order valence-corrected chi connectivity index (χ3v) is 3.20. The van der Waals surface area contributed by atoms with Gasteiger partial charge in [0.15, 0.2) is 5.78 Å². The van der Waals surface area contributed by atoms with Gasteiger partial charge in [-0.25, -0.2) is 0 Å². The van der Waals surface area contributed by atoms with Crippen LogP contribution >= 0.6 is 11.6 Å². The minimum Gasteiger partial charge on any atom is -0.494 e. The van der Waals surface area contributed by atoms with Gasteiger partial charge in [-0.3, -0.25) is 9.78 Å². The van der Waals surface area contributed by atoms with Crippen LogP contribution < -0.4 is 4.74 Å². The van der Waals surface area contributed by atoms with Crippen molar-refractivity contribution in [1.82, 2.24) is 4.98 Å². The number of Topliss-reactive ketones (excluding diaryl/α,β-unsaturated/α-hetero) is 1. The molecule has 3 nitrogen and oxygen atoms in total. The molecule has 1 aromatic carbocycles. The molecule has 0 saturated heterocycles. The fourth-order valence-electron chi connectivity index (χ4n) is 1.88. The first-order valence-corrected chi connectivity index (χ1v) is 6.21. The quantitative estimate of drug-likeness (QED) is 0.786. The van der Waals surface area contributed by atoms with Crippen LogP contribution in [-0.2, 0) is 0 Å². The fraction of sp³-hybridized carbons (Fsp3) is 0.286. The molecule has 0 fully saturated rings. The number of hydrogen-bond donors (Lipinski definition) is 0. The second kappa shape index (κ2) is 5.36. The summed E-state index contributed by atoms with van der Waals surface area (Å²) in [7, 11) is 1.58. The third-order valence-electron chi connectivity index (χ3n) is 2.79. The molecule has 1 aromatic heterocycles. The largest absolute Gasteiger partial charge is 0.494 e. The van der Waals surface area contributed by atoms with Gasteiger partial charge in [-0.15, -0.1) is 0 Å². The zero-order valence-corrected chi connectivity index (χ0v) is 11.1. The summed E-state index contributed by atoms with van der Waals surface area (Å²) in [6, 6.07) is 5.50. The Morgan fingerprint density at radius 3 is 2.89 bits per heavy atom. The number of carbonyl (C=O) groups is 1. The highest BCUT2D eigenvalue weighted by Crippen LogP contribution is 2.31. The molecule has 94 valence electrons. The number of fused-ring (bicyclic) bond motifs is 1. The summed E-state index contributed by atoms with van der Waals surface area (Å²) in [5.74, 6) is 0.684. The summed E-state index contributed by atoms with van der Waals surface area (Å²) in [5.41, 5.74) is 1.16. The lowest BCUT2D eigenvalue weighted by atomic mass is 10.1. The molecule has 0 aliphatic heterocycles. The Morgan fingerprint density at radius 1 is 1.44 bits per heavy atom. The zero-order valence-electron chi connectivity index (χ0n) is 10.4. The Bertz CT molecular complexity index is 596. The predicted molar refractivity (Wildman–Crippen MR) is 72.5 cm³/mol. The van der Waals surface area contributed by atoms with E-state index in [1.807, 2.05) is 25.1 Å². The summed E-state index contributed by atoms with van der Waals surface area (Å²) < 4.78 is 5.22. The predicted octanol–water partition coefficient (Wildman–Crippen LogP) is 3.88. The number of hydrogen-bond acceptors (Lipinski definition) is 3. The van der Waals surface area contributed by atoms with E-state index >= 15 is 0 Å². The molecule has 0 N–H and O–H groups in total. The van der Waals surface area contributed by atoms with Gasteiger partial charge in [0, 0.05) is 18.0 Å². The Kier molecular flexibility index (Phi) is 3.82. The number of pyridine rings is 1. The SMILES string of the molecule is CCCC(=O)c1cnc2c(OC)cccc2c1Cl. The number of halogens is 1. The molecule has 18 heavy (non-hydrogen) atoms. The maximum Gasteiger partial charge on any atom is 0.165 e. The van der Waals surface area contributed by atoms with E-state index in [0.717, 1.165) is 11.8 Å². The minimum absolute atomic E-state index is 0.0275. The topological polar surface area (TPSA) is 39.2 Å². The van der Waals surface area contributed by atoms with E-state index in [4.69, 9.17) is 16.3 Å². The average molecular weight is 264 g/mol. The third kappa shape index (κ3) is 2.18. The van der Waals surface area contributed by atoms with Crippen molar-refractivity contribution in [3.63, 3.8) is 0 Å². The van der Waals surface area contributed by atoms with Gasteiger partial charge in [0.1, 0.15) is 11.3 Å². The van der Waals surface area contributed by atoms with Crippen molar-refractivity contribution >= 4 is 28.3 Å². The minimum atomic E-state index is 0.0275. The lowest BCUT2D eigenvalue weighted by Crippen LogP contribution is -2.01. The number of para-hydroxylation sites is 1. The zero-order chi connectivity index (χ0) is 13.1. The number of methoxy groups -OCH3 is 1. The van der Waals surface area contributed by atoms with E-state index in [-0.39, 0.29) is 5.78 Å². The van der Waals surface area contributed by atoms with E-state index < -0.39 is 0 Å². The summed E-state index contributed by atoms with van der Waals surface area (Å²) in [4.78, 5) is 16.2. The second-order valence-corrected chi connectivity index (χ2v) is 4.39. The van der Waals surface area contributed by atoms with Crippen LogP contribution in [0.25, 0.3) is 10.9 Å². The number of carbonyl (C=O) groups excluding carboxylic acids is 1. The van der Waals surface area contributed by atoms with Crippen LogP contribution in [0, 0.1) is 0 Å². The van der Waals surface area contributed by atoms with Crippen LogP contribution in [0.5, 0.6) is 5.75 Å². The Balaban J connectivity index is 2.61. The summed E-state index contributed by atoms with van der Waals surface area (Å²) in [6.45, 7) is 1.96. The van der Waals surface area contributed by atoms with Crippen LogP contribution in [0.3, 0.4) is 0 Å². The number of rotatable bonds is 4. The fourth-order valence-corrected chi connectivity index (χ4v) is 2.19. The second-order valence-electron chi connectivity index (χ2n) is 4.02. The number of aromatic nitrogens is 1. The monoisotopic (exact) mass is 263 g/mol. The molecule has 0 aliphatic rings. The van der Waals surface area contributed by atoms with Gasteiger partial charge in [-0.1, -0.05) is 30.7 Å². The van der Waals surface area contributed by atoms with Crippen molar-refractivity contribution in [1.29, 1.82) is 0 Å². The lowest BCUT2D eigenvalue weighted by Gasteiger charge is -2.08. The first-order valence-electron chi connectivity index (χ1n) is 5.83. The molecule has 0 amide bonds. The normalized spacial score (nSPS) is 10.6. The molecule has 2 aromatic rings. The van der Waals surface area contributed by atoms with Gasteiger partial charge in [0.2, 0.25) is 0 Å². The van der Waals surface area contributed by atoms with Gasteiger partial charge in [0.05, 0.1) is 17.7 Å². The van der Waals surface area contributed by atoms with Crippen molar-refractivity contribution in [3.8, 4) is 5.75 Å². The molecule has 0 spiro atoms. The number of nitrogens with zero attached hydrogens (tertiary/aromatic N) is 1. The molecule has 1 heterocycles. The van der Waals surface area contributed by atoms with Crippen molar-refractivity contribution in [2.75, 3.05) is 7.11 Å². The van der Waals surface area contributed by atoms with Crippen LogP contribution in [0.15, 0.2) is 24.4 Å². The van der Waals surface area contributed by atoms with Crippen molar-refractivity contribution < 1.29 is 9.53 Å². The molecule has 0 radical (unpaired) electrons. The number of ether oxygens (including phenoxy) is 1. The Hall–Kier alpha value is -1.61. The standard InChI is InChI=1S/C14H14ClNO2/c1-3-5-11(17)10-8-16-14-9(13(10)15)6-4-7-12(14)18-2/h4,6-8H,3,5H2,1-2H3. The maximum absolute atomic E-state index is 11.9. The van der Waals surface area contributed by atoms with Gasteiger partial charge >= 0.3 is 0 Å². The first-order chi connectivity index (χ1) is 8.69. The Labute approximate surface area is 111 Å². The number of ketones is 1. The lowest BCUT2D eigenvalue weighted by molar-refractivity contribution is 0.0981. The highest BCUT2D eigenvalue weighted by atomic mass is 35.5. The van der Waals surface area contributed by atoms with Gasteiger partial charge in [-0.05, 0) is 12.5 Å². The highest BCUT2D eigenvalue weighted by molar-refractivity contribution is 6.38. The number of benzene rings is 1. The van der Waals surface area contributed by atoms with Gasteiger partial charge in [0.25, 0.3) is 0 Å². The molecule has 0 unspecified atom stereocenters. The van der Waals surface area contributed by atoms with Gasteiger partial charge in [-0.2, -0.15) is 0 Å². The molecular formula is C14H14ClNO2. The van der Waals surface area contributed by atoms with Crippen molar-refractivity contribution in [2.24, 2.45) is 0 Å². The van der Waals surface area contributed by atoms with E-state index in [2.05, 4.69) is 4.98 Å². The van der Waals surface area contributed by atoms with E-state index in [1.165, 1.54) is 6.20 Å². The maximum atomic E-state index is 11.9. The van der Waals surface area contributed by atoms with E-state index in [9.17, 15) is 4.79 Å². The summed E-state index contributed by atoms with van der Waals surface area (Å²) in [6.07, 6.45) is 2.81. The van der Waals surface area contributed by atoms with Crippen molar-refractivity contribution in [2.45, 2.75) is 19.8 Å². The van der Waals surface area contributed by atoms with Crippen LogP contribution in [-0.4, -0.2) is 17.9 Å². The Morgan fingerprint density at radius 2 is 2.22 bits per heavy atom. The average Bonchev–Trinajstić information content (AvgIpc) is 2.39. The molecule has 0 atom stereocenters. The summed E-state index contributed by atoms with van der Waals surface area (Å²) >= 11 is 6.28. The molecule has 0 aliphatic carbocycles. The highest BCUT2D eigenvalue weighted by Gasteiger charge is 2.14. The van der Waals surface area contributed by atoms with E-state index in [1.54, 1.807) is 7.11 Å². The van der Waals surface area contributed by atoms with Crippen LogP contribution in [0.1, 0.15) is 30.1 Å². The van der Waals surface area contributed by atoms with Gasteiger partial charge < -0.3 is 4.74 Å². The first kappa shape index (κ1) is 12.8. The van der Waals surface area contributed by atoms with E-state index in [0.29, 0.717) is 28.3 Å². The van der Waals surface area contributed by atoms with Crippen LogP contribution in [0.4, 0.5) is 0 Å². The molecule has 2 rings (SSSR count).